The van der Waals surface area contributed by atoms with Crippen LogP contribution in [0.1, 0.15) is 26.7 Å². The van der Waals surface area contributed by atoms with E-state index < -0.39 is 0 Å². The second-order valence-corrected chi connectivity index (χ2v) is 6.73. The summed E-state index contributed by atoms with van der Waals surface area (Å²) >= 11 is 0. The molecular formula is C19H31N3O2. The van der Waals surface area contributed by atoms with Crippen molar-refractivity contribution >= 4 is 12.1 Å². The summed E-state index contributed by atoms with van der Waals surface area (Å²) in [5.74, 6) is 2.13. The van der Waals surface area contributed by atoms with E-state index >= 15 is 0 Å². The monoisotopic (exact) mass is 333 g/mol. The molecule has 0 spiro atoms. The van der Waals surface area contributed by atoms with Crippen molar-refractivity contribution < 1.29 is 9.47 Å². The predicted molar refractivity (Wildman–Crippen MR) is 99.8 cm³/mol. The fourth-order valence-corrected chi connectivity index (χ4v) is 3.12. The molecule has 2 unspecified atom stereocenters. The van der Waals surface area contributed by atoms with E-state index in [9.17, 15) is 0 Å². The summed E-state index contributed by atoms with van der Waals surface area (Å²) in [6, 6.07) is 0.175. The Kier molecular flexibility index (Phi) is 7.18. The number of likely N-dealkylation sites (N-methyl/N-ethyl adjacent to an activating group) is 1. The number of hydrogen-bond donors (Lipinski definition) is 0. The van der Waals surface area contributed by atoms with Gasteiger partial charge in [0.05, 0.1) is 18.3 Å². The molecule has 2 heterocycles. The van der Waals surface area contributed by atoms with Crippen LogP contribution in [0.3, 0.4) is 0 Å². The maximum atomic E-state index is 5.48. The molecule has 1 saturated heterocycles. The first kappa shape index (κ1) is 18.9. The van der Waals surface area contributed by atoms with Crippen LogP contribution in [0.2, 0.25) is 0 Å². The van der Waals surface area contributed by atoms with Crippen LogP contribution in [0.5, 0.6) is 0 Å². The number of aliphatic imine (C=N–C) groups is 2. The number of amidine groups is 1. The molecule has 0 aromatic rings. The van der Waals surface area contributed by atoms with Crippen molar-refractivity contribution in [2.24, 2.45) is 21.8 Å². The van der Waals surface area contributed by atoms with E-state index in [0.29, 0.717) is 18.4 Å². The van der Waals surface area contributed by atoms with E-state index in [-0.39, 0.29) is 6.04 Å². The molecule has 0 aromatic heterocycles. The summed E-state index contributed by atoms with van der Waals surface area (Å²) in [6.45, 7) is 11.7. The van der Waals surface area contributed by atoms with Crippen LogP contribution in [-0.4, -0.2) is 63.5 Å². The standard InChI is InChI=1S/C19H31N3O2/c1-14-13-20-19(15(2)17-6-9-24-10-7-17)12-18(14)21-16(3)22(4)8-11-23-5/h12-13,15,17,19H,1,6-11H2,2-5H3. The molecule has 0 saturated carbocycles. The predicted octanol–water partition coefficient (Wildman–Crippen LogP) is 2.94. The Labute approximate surface area is 146 Å². The van der Waals surface area contributed by atoms with Gasteiger partial charge in [0, 0.05) is 45.7 Å². The molecule has 0 radical (unpaired) electrons. The zero-order chi connectivity index (χ0) is 17.5. The van der Waals surface area contributed by atoms with Crippen LogP contribution in [0.25, 0.3) is 0 Å². The highest BCUT2D eigenvalue weighted by Gasteiger charge is 2.27. The van der Waals surface area contributed by atoms with E-state index in [4.69, 9.17) is 19.5 Å². The minimum atomic E-state index is 0.175. The molecule has 5 nitrogen and oxygen atoms in total. The van der Waals surface area contributed by atoms with Gasteiger partial charge in [0.2, 0.25) is 0 Å². The molecule has 2 aliphatic heterocycles. The van der Waals surface area contributed by atoms with Crippen LogP contribution in [-0.2, 0) is 9.47 Å². The highest BCUT2D eigenvalue weighted by atomic mass is 16.5. The van der Waals surface area contributed by atoms with Crippen molar-refractivity contribution in [2.45, 2.75) is 32.7 Å². The third-order valence-corrected chi connectivity index (χ3v) is 5.07. The summed E-state index contributed by atoms with van der Waals surface area (Å²) in [5, 5.41) is 0. The topological polar surface area (TPSA) is 46.4 Å². The average Bonchev–Trinajstić information content (AvgIpc) is 2.61. The summed E-state index contributed by atoms with van der Waals surface area (Å²) in [4.78, 5) is 11.6. The Bertz CT molecular complexity index is 519. The highest BCUT2D eigenvalue weighted by molar-refractivity contribution is 5.88. The maximum absolute atomic E-state index is 5.48. The molecule has 0 amide bonds. The Balaban J connectivity index is 2.07. The Morgan fingerprint density at radius 2 is 2.21 bits per heavy atom. The van der Waals surface area contributed by atoms with Gasteiger partial charge in [-0.15, -0.1) is 0 Å². The van der Waals surface area contributed by atoms with Gasteiger partial charge in [0.25, 0.3) is 0 Å². The number of methoxy groups -OCH3 is 1. The largest absolute Gasteiger partial charge is 0.383 e. The Morgan fingerprint density at radius 1 is 1.50 bits per heavy atom. The van der Waals surface area contributed by atoms with Crippen LogP contribution in [0.4, 0.5) is 0 Å². The lowest BCUT2D eigenvalue weighted by Gasteiger charge is -2.31. The quantitative estimate of drug-likeness (QED) is 0.554. The van der Waals surface area contributed by atoms with Crippen LogP contribution in [0, 0.1) is 11.8 Å². The van der Waals surface area contributed by atoms with Gasteiger partial charge in [0.15, 0.2) is 0 Å². The fourth-order valence-electron chi connectivity index (χ4n) is 3.12. The number of allylic oxidation sites excluding steroid dienone is 1. The van der Waals surface area contributed by atoms with Crippen LogP contribution in [0.15, 0.2) is 33.9 Å². The van der Waals surface area contributed by atoms with Gasteiger partial charge in [0.1, 0.15) is 5.84 Å². The number of nitrogens with zero attached hydrogens (tertiary/aromatic N) is 3. The molecule has 134 valence electrons. The lowest BCUT2D eigenvalue weighted by Crippen LogP contribution is -2.30. The number of rotatable bonds is 6. The first-order valence-electron chi connectivity index (χ1n) is 8.80. The van der Waals surface area contributed by atoms with E-state index in [1.165, 1.54) is 0 Å². The van der Waals surface area contributed by atoms with Gasteiger partial charge >= 0.3 is 0 Å². The third kappa shape index (κ3) is 5.02. The van der Waals surface area contributed by atoms with Gasteiger partial charge in [-0.25, -0.2) is 4.99 Å². The molecule has 24 heavy (non-hydrogen) atoms. The number of dihydropyridines is 1. The zero-order valence-electron chi connectivity index (χ0n) is 15.5. The Hall–Kier alpha value is -1.46. The van der Waals surface area contributed by atoms with Crippen molar-refractivity contribution in [1.29, 1.82) is 0 Å². The molecular weight excluding hydrogens is 302 g/mol. The van der Waals surface area contributed by atoms with Gasteiger partial charge in [-0.05, 0) is 37.7 Å². The average molecular weight is 333 g/mol. The second kappa shape index (κ2) is 9.14. The molecule has 0 N–H and O–H groups in total. The van der Waals surface area contributed by atoms with Gasteiger partial charge in [-0.2, -0.15) is 0 Å². The molecule has 2 rings (SSSR count). The fraction of sp³-hybridized carbons (Fsp3) is 0.684. The molecule has 1 fully saturated rings. The minimum Gasteiger partial charge on any atom is -0.383 e. The summed E-state index contributed by atoms with van der Waals surface area (Å²) in [6.07, 6.45) is 6.30. The van der Waals surface area contributed by atoms with Crippen molar-refractivity contribution in [3.63, 3.8) is 0 Å². The molecule has 2 atom stereocenters. The molecule has 0 aliphatic carbocycles. The second-order valence-electron chi connectivity index (χ2n) is 6.73. The molecule has 0 bridgehead atoms. The maximum Gasteiger partial charge on any atom is 0.101 e. The molecule has 5 heteroatoms. The summed E-state index contributed by atoms with van der Waals surface area (Å²) in [7, 11) is 3.74. The van der Waals surface area contributed by atoms with Gasteiger partial charge in [-0.3, -0.25) is 4.99 Å². The Morgan fingerprint density at radius 3 is 2.88 bits per heavy atom. The van der Waals surface area contributed by atoms with Crippen molar-refractivity contribution in [1.82, 2.24) is 4.90 Å². The van der Waals surface area contributed by atoms with Gasteiger partial charge < -0.3 is 14.4 Å². The lowest BCUT2D eigenvalue weighted by atomic mass is 9.81. The third-order valence-electron chi connectivity index (χ3n) is 5.07. The summed E-state index contributed by atoms with van der Waals surface area (Å²) in [5.41, 5.74) is 1.82. The first-order valence-corrected chi connectivity index (χ1v) is 8.80. The van der Waals surface area contributed by atoms with Crippen molar-refractivity contribution in [3.8, 4) is 0 Å². The highest BCUT2D eigenvalue weighted by Crippen LogP contribution is 2.30. The van der Waals surface area contributed by atoms with Crippen molar-refractivity contribution in [2.75, 3.05) is 40.5 Å². The molecule has 0 aromatic carbocycles. The summed E-state index contributed by atoms with van der Waals surface area (Å²) < 4.78 is 10.6. The van der Waals surface area contributed by atoms with Crippen LogP contribution >= 0.6 is 0 Å². The smallest absolute Gasteiger partial charge is 0.101 e. The number of hydrogen-bond acceptors (Lipinski definition) is 4. The van der Waals surface area contributed by atoms with Crippen molar-refractivity contribution in [3.05, 3.63) is 23.9 Å². The van der Waals surface area contributed by atoms with Crippen LogP contribution < -0.4 is 0 Å². The lowest BCUT2D eigenvalue weighted by molar-refractivity contribution is 0.0476. The minimum absolute atomic E-state index is 0.175. The van der Waals surface area contributed by atoms with E-state index in [0.717, 1.165) is 49.7 Å². The SMILES string of the molecule is C=C1C=NC(C(C)C2CCOCC2)C=C1N=C(C)N(C)CCOC. The zero-order valence-corrected chi connectivity index (χ0v) is 15.5. The number of ether oxygens (including phenoxy) is 2. The first-order chi connectivity index (χ1) is 11.5. The normalized spacial score (nSPS) is 24.0. The van der Waals surface area contributed by atoms with E-state index in [2.05, 4.69) is 24.5 Å². The van der Waals surface area contributed by atoms with E-state index in [1.54, 1.807) is 7.11 Å². The van der Waals surface area contributed by atoms with E-state index in [1.807, 2.05) is 20.2 Å². The van der Waals surface area contributed by atoms with Gasteiger partial charge in [-0.1, -0.05) is 13.5 Å². The molecule has 2 aliphatic rings.